The van der Waals surface area contributed by atoms with Crippen LogP contribution in [0.15, 0.2) is 41.5 Å². The van der Waals surface area contributed by atoms with Crippen molar-refractivity contribution in [1.82, 2.24) is 0 Å². The van der Waals surface area contributed by atoms with E-state index in [0.717, 1.165) is 0 Å². The fourth-order valence-corrected chi connectivity index (χ4v) is 3.09. The molecule has 2 aliphatic rings. The van der Waals surface area contributed by atoms with E-state index in [0.29, 0.717) is 28.3 Å². The van der Waals surface area contributed by atoms with Crippen molar-refractivity contribution < 1.29 is 9.59 Å². The quantitative estimate of drug-likeness (QED) is 0.689. The molecule has 1 aromatic rings. The van der Waals surface area contributed by atoms with E-state index in [1.165, 1.54) is 4.90 Å². The van der Waals surface area contributed by atoms with E-state index >= 15 is 0 Å². The van der Waals surface area contributed by atoms with Crippen molar-refractivity contribution in [3.8, 4) is 0 Å². The van der Waals surface area contributed by atoms with E-state index in [2.05, 4.69) is 0 Å². The van der Waals surface area contributed by atoms with Crippen LogP contribution < -0.4 is 4.90 Å². The van der Waals surface area contributed by atoms with Gasteiger partial charge in [0.15, 0.2) is 0 Å². The van der Waals surface area contributed by atoms with Crippen LogP contribution in [0, 0.1) is 0 Å². The maximum atomic E-state index is 12.0. The second kappa shape index (κ2) is 3.49. The van der Waals surface area contributed by atoms with Gasteiger partial charge in [-0.15, -0.1) is 0 Å². The third kappa shape index (κ3) is 1.23. The summed E-state index contributed by atoms with van der Waals surface area (Å²) < 4.78 is 0. The van der Waals surface area contributed by atoms with E-state index < -0.39 is 0 Å². The summed E-state index contributed by atoms with van der Waals surface area (Å²) in [5.74, 6) is 1.05. The van der Waals surface area contributed by atoms with Crippen molar-refractivity contribution in [2.24, 2.45) is 0 Å². The summed E-state index contributed by atoms with van der Waals surface area (Å²) in [4.78, 5) is 25.3. The predicted molar refractivity (Wildman–Crippen MR) is 63.3 cm³/mol. The molecule has 0 saturated heterocycles. The van der Waals surface area contributed by atoms with E-state index in [9.17, 15) is 9.59 Å². The van der Waals surface area contributed by atoms with Crippen molar-refractivity contribution in [1.29, 1.82) is 0 Å². The van der Waals surface area contributed by atoms with Crippen molar-refractivity contribution in [3.05, 3.63) is 41.5 Å². The van der Waals surface area contributed by atoms with Crippen molar-refractivity contribution in [2.75, 3.05) is 16.4 Å². The fraction of sp³-hybridized carbons (Fsp3) is 0.167. The number of hydrogen-bond acceptors (Lipinski definition) is 3. The largest absolute Gasteiger partial charge is 0.269 e. The van der Waals surface area contributed by atoms with Gasteiger partial charge in [0.05, 0.1) is 5.69 Å². The first-order valence-electron chi connectivity index (χ1n) is 5.02. The highest BCUT2D eigenvalue weighted by Crippen LogP contribution is 2.35. The van der Waals surface area contributed by atoms with E-state index in [4.69, 9.17) is 0 Å². The number of benzene rings is 1. The van der Waals surface area contributed by atoms with Gasteiger partial charge >= 0.3 is 0 Å². The minimum absolute atomic E-state index is 0.142. The lowest BCUT2D eigenvalue weighted by Gasteiger charge is -2.15. The Kier molecular flexibility index (Phi) is 2.11. The van der Waals surface area contributed by atoms with Gasteiger partial charge in [-0.3, -0.25) is 9.59 Å². The molecule has 3 nitrogen and oxygen atoms in total. The molecule has 4 heteroatoms. The lowest BCUT2D eigenvalue weighted by Crippen LogP contribution is -2.32. The summed E-state index contributed by atoms with van der Waals surface area (Å²) in [6.45, 7) is 0. The number of imide groups is 1. The zero-order chi connectivity index (χ0) is 11.1. The van der Waals surface area contributed by atoms with Crippen LogP contribution >= 0.6 is 11.8 Å². The van der Waals surface area contributed by atoms with Gasteiger partial charge in [-0.05, 0) is 12.1 Å². The molecule has 0 unspecified atom stereocenters. The molecule has 0 atom stereocenters. The van der Waals surface area contributed by atoms with E-state index in [1.807, 2.05) is 18.2 Å². The molecular formula is C12H9NO2S. The molecule has 0 saturated carbocycles. The first-order valence-corrected chi connectivity index (χ1v) is 6.18. The van der Waals surface area contributed by atoms with Gasteiger partial charge in [-0.25, -0.2) is 4.90 Å². The normalized spacial score (nSPS) is 19.6. The van der Waals surface area contributed by atoms with Crippen LogP contribution in [0.3, 0.4) is 0 Å². The Morgan fingerprint density at radius 3 is 2.06 bits per heavy atom. The predicted octanol–water partition coefficient (Wildman–Crippen LogP) is 1.60. The number of amides is 2. The van der Waals surface area contributed by atoms with E-state index in [-0.39, 0.29) is 11.8 Å². The SMILES string of the molecule is O=C1C2=C(CSC2)C(=O)N1c1ccccc1. The van der Waals surface area contributed by atoms with Gasteiger partial charge in [0, 0.05) is 22.7 Å². The standard InChI is InChI=1S/C12H9NO2S/c14-11-9-6-16-7-10(9)12(15)13(11)8-4-2-1-3-5-8/h1-5H,6-7H2. The zero-order valence-corrected chi connectivity index (χ0v) is 9.29. The topological polar surface area (TPSA) is 37.4 Å². The van der Waals surface area contributed by atoms with Crippen molar-refractivity contribution in [3.63, 3.8) is 0 Å². The molecule has 2 heterocycles. The van der Waals surface area contributed by atoms with Crippen LogP contribution in [0.5, 0.6) is 0 Å². The van der Waals surface area contributed by atoms with Gasteiger partial charge in [-0.1, -0.05) is 18.2 Å². The molecule has 1 aromatic carbocycles. The monoisotopic (exact) mass is 231 g/mol. The fourth-order valence-electron chi connectivity index (χ4n) is 1.98. The maximum absolute atomic E-state index is 12.0. The summed E-state index contributed by atoms with van der Waals surface area (Å²) in [5, 5.41) is 0. The average Bonchev–Trinajstić information content (AvgIpc) is 2.86. The van der Waals surface area contributed by atoms with Gasteiger partial charge < -0.3 is 0 Å². The summed E-state index contributed by atoms with van der Waals surface area (Å²) in [5.41, 5.74) is 2.05. The molecule has 0 bridgehead atoms. The van der Waals surface area contributed by atoms with Crippen LogP contribution in [0.4, 0.5) is 5.69 Å². The summed E-state index contributed by atoms with van der Waals surface area (Å²) in [7, 11) is 0. The third-order valence-electron chi connectivity index (χ3n) is 2.79. The number of anilines is 1. The highest BCUT2D eigenvalue weighted by molar-refractivity contribution is 8.00. The Morgan fingerprint density at radius 2 is 1.50 bits per heavy atom. The molecule has 16 heavy (non-hydrogen) atoms. The Balaban J connectivity index is 2.02. The number of carbonyl (C=O) groups excluding carboxylic acids is 2. The number of thioether (sulfide) groups is 1. The van der Waals surface area contributed by atoms with Gasteiger partial charge in [0.25, 0.3) is 11.8 Å². The van der Waals surface area contributed by atoms with Crippen molar-refractivity contribution >= 4 is 29.3 Å². The summed E-state index contributed by atoms with van der Waals surface area (Å²) in [6.07, 6.45) is 0. The first-order chi connectivity index (χ1) is 7.79. The third-order valence-corrected chi connectivity index (χ3v) is 3.78. The highest BCUT2D eigenvalue weighted by atomic mass is 32.2. The Labute approximate surface area is 97.1 Å². The molecule has 2 amide bonds. The number of nitrogens with zero attached hydrogens (tertiary/aromatic N) is 1. The number of para-hydroxylation sites is 1. The van der Waals surface area contributed by atoms with Crippen LogP contribution in [-0.2, 0) is 9.59 Å². The second-order valence-electron chi connectivity index (χ2n) is 3.73. The highest BCUT2D eigenvalue weighted by Gasteiger charge is 2.41. The molecule has 3 rings (SSSR count). The molecule has 0 aromatic heterocycles. The minimum Gasteiger partial charge on any atom is -0.269 e. The molecule has 0 aliphatic carbocycles. The Hall–Kier alpha value is -1.55. The Morgan fingerprint density at radius 1 is 0.938 bits per heavy atom. The number of rotatable bonds is 1. The molecule has 0 N–H and O–H groups in total. The summed E-state index contributed by atoms with van der Waals surface area (Å²) >= 11 is 1.63. The molecule has 0 fully saturated rings. The molecule has 2 aliphatic heterocycles. The molecule has 80 valence electrons. The smallest absolute Gasteiger partial charge is 0.262 e. The van der Waals surface area contributed by atoms with E-state index in [1.54, 1.807) is 23.9 Å². The van der Waals surface area contributed by atoms with Gasteiger partial charge in [0.1, 0.15) is 0 Å². The van der Waals surface area contributed by atoms with Crippen molar-refractivity contribution in [2.45, 2.75) is 0 Å². The lowest BCUT2D eigenvalue weighted by molar-refractivity contribution is -0.120. The first kappa shape index (κ1) is 9.66. The van der Waals surface area contributed by atoms with Crippen LogP contribution in [-0.4, -0.2) is 23.3 Å². The molecule has 0 radical (unpaired) electrons. The number of carbonyl (C=O) groups is 2. The van der Waals surface area contributed by atoms with Crippen LogP contribution in [0.2, 0.25) is 0 Å². The average molecular weight is 231 g/mol. The number of hydrogen-bond donors (Lipinski definition) is 0. The van der Waals surface area contributed by atoms with Crippen LogP contribution in [0.1, 0.15) is 0 Å². The van der Waals surface area contributed by atoms with Gasteiger partial charge in [-0.2, -0.15) is 11.8 Å². The second-order valence-corrected chi connectivity index (χ2v) is 4.72. The minimum atomic E-state index is -0.142. The molecular weight excluding hydrogens is 222 g/mol. The maximum Gasteiger partial charge on any atom is 0.262 e. The summed E-state index contributed by atoms with van der Waals surface area (Å²) in [6, 6.07) is 9.09. The van der Waals surface area contributed by atoms with Crippen LogP contribution in [0.25, 0.3) is 0 Å². The lowest BCUT2D eigenvalue weighted by atomic mass is 10.2. The Bertz CT molecular complexity index is 481. The molecule has 0 spiro atoms. The van der Waals surface area contributed by atoms with Gasteiger partial charge in [0.2, 0.25) is 0 Å². The zero-order valence-electron chi connectivity index (χ0n) is 8.47.